The monoisotopic (exact) mass is 408 g/mol. The lowest BCUT2D eigenvalue weighted by Crippen LogP contribution is -2.55. The van der Waals surface area contributed by atoms with Gasteiger partial charge in [0, 0.05) is 11.5 Å². The minimum absolute atomic E-state index is 0.173. The first-order valence-electron chi connectivity index (χ1n) is 12.5. The number of carbonyl (C=O) groups excluding carboxylic acids is 1. The van der Waals surface area contributed by atoms with Gasteiger partial charge in [-0.3, -0.25) is 4.79 Å². The molecule has 164 valence electrons. The molecule has 4 aliphatic carbocycles. The molecule has 0 radical (unpaired) electrons. The van der Waals surface area contributed by atoms with E-state index in [9.17, 15) is 9.90 Å². The zero-order valence-corrected chi connectivity index (χ0v) is 19.4. The Labute approximate surface area is 182 Å². The van der Waals surface area contributed by atoms with Crippen LogP contribution in [0.3, 0.4) is 0 Å². The molecule has 1 N–H and O–H groups in total. The molecule has 4 aliphatic rings. The molecule has 0 saturated heterocycles. The van der Waals surface area contributed by atoms with Crippen molar-refractivity contribution < 1.29 is 9.90 Å². The van der Waals surface area contributed by atoms with Gasteiger partial charge in [-0.25, -0.2) is 0 Å². The van der Waals surface area contributed by atoms with E-state index in [1.165, 1.54) is 44.1 Å². The summed E-state index contributed by atoms with van der Waals surface area (Å²) in [6, 6.07) is 8.25. The van der Waals surface area contributed by atoms with Crippen molar-refractivity contribution in [2.45, 2.75) is 91.1 Å². The van der Waals surface area contributed by atoms with E-state index >= 15 is 0 Å². The lowest BCUT2D eigenvalue weighted by atomic mass is 9.44. The molecule has 2 heteroatoms. The molecule has 0 aromatic heterocycles. The number of carbonyl (C=O) groups is 1. The van der Waals surface area contributed by atoms with Crippen molar-refractivity contribution in [3.8, 4) is 0 Å². The van der Waals surface area contributed by atoms with E-state index in [-0.39, 0.29) is 11.3 Å². The standard InChI is InChI=1S/C28H40O2/c1-18-5-7-19(8-6-18)25(29)24-12-11-22-21-10-9-20-17-26(2,30)15-16-27(20,3)23(21)13-14-28(22,24)4/h5-8,20-24,30H,9-17H2,1-4H3/t20-,21-,22-,23-,24+,26+,27-,28-/m0/s1. The average molecular weight is 409 g/mol. The van der Waals surface area contributed by atoms with Crippen molar-refractivity contribution in [2.24, 2.45) is 40.4 Å². The number of hydrogen-bond acceptors (Lipinski definition) is 2. The number of rotatable bonds is 2. The smallest absolute Gasteiger partial charge is 0.166 e. The Morgan fingerprint density at radius 1 is 0.867 bits per heavy atom. The van der Waals surface area contributed by atoms with Gasteiger partial charge >= 0.3 is 0 Å². The largest absolute Gasteiger partial charge is 0.390 e. The van der Waals surface area contributed by atoms with Gasteiger partial charge < -0.3 is 5.11 Å². The summed E-state index contributed by atoms with van der Waals surface area (Å²) in [5.41, 5.74) is 2.25. The topological polar surface area (TPSA) is 37.3 Å². The zero-order chi connectivity index (χ0) is 21.3. The van der Waals surface area contributed by atoms with E-state index in [1.54, 1.807) is 0 Å². The van der Waals surface area contributed by atoms with Gasteiger partial charge in [0.25, 0.3) is 0 Å². The molecule has 0 aliphatic heterocycles. The van der Waals surface area contributed by atoms with Crippen LogP contribution in [-0.4, -0.2) is 16.5 Å². The van der Waals surface area contributed by atoms with E-state index in [1.807, 2.05) is 12.1 Å². The fourth-order valence-corrected chi connectivity index (χ4v) is 8.78. The molecule has 0 amide bonds. The second-order valence-corrected chi connectivity index (χ2v) is 12.3. The Morgan fingerprint density at radius 2 is 1.57 bits per heavy atom. The van der Waals surface area contributed by atoms with Crippen molar-refractivity contribution in [3.63, 3.8) is 0 Å². The fraction of sp³-hybridized carbons (Fsp3) is 0.750. The predicted octanol–water partition coefficient (Wildman–Crippen LogP) is 6.59. The van der Waals surface area contributed by atoms with Crippen LogP contribution in [0, 0.1) is 47.3 Å². The van der Waals surface area contributed by atoms with Gasteiger partial charge in [0.1, 0.15) is 0 Å². The normalized spacial score (nSPS) is 47.8. The average Bonchev–Trinajstić information content (AvgIpc) is 3.05. The summed E-state index contributed by atoms with van der Waals surface area (Å²) in [4.78, 5) is 13.5. The van der Waals surface area contributed by atoms with Crippen molar-refractivity contribution in [2.75, 3.05) is 0 Å². The highest BCUT2D eigenvalue weighted by molar-refractivity contribution is 5.98. The van der Waals surface area contributed by atoms with Crippen LogP contribution in [0.4, 0.5) is 0 Å². The SMILES string of the molecule is Cc1ccc(C(=O)[C@H]2CC[C@H]3[C@@H]4CC[C@H]5C[C@](C)(O)CC[C@]5(C)[C@H]4CC[C@]23C)cc1. The third-order valence-corrected chi connectivity index (χ3v) is 10.6. The van der Waals surface area contributed by atoms with E-state index in [0.29, 0.717) is 23.0 Å². The summed E-state index contributed by atoms with van der Waals surface area (Å²) in [5.74, 6) is 3.55. The summed E-state index contributed by atoms with van der Waals surface area (Å²) >= 11 is 0. The molecule has 8 atom stereocenters. The second-order valence-electron chi connectivity index (χ2n) is 12.3. The second kappa shape index (κ2) is 6.92. The van der Waals surface area contributed by atoms with Crippen LogP contribution in [0.25, 0.3) is 0 Å². The molecule has 2 nitrogen and oxygen atoms in total. The van der Waals surface area contributed by atoms with Crippen LogP contribution in [0.2, 0.25) is 0 Å². The van der Waals surface area contributed by atoms with Crippen LogP contribution in [0.15, 0.2) is 24.3 Å². The van der Waals surface area contributed by atoms with Gasteiger partial charge in [-0.05, 0) is 106 Å². The Hall–Kier alpha value is -1.15. The zero-order valence-electron chi connectivity index (χ0n) is 19.4. The van der Waals surface area contributed by atoms with Crippen LogP contribution >= 0.6 is 0 Å². The minimum atomic E-state index is -0.459. The number of hydrogen-bond donors (Lipinski definition) is 1. The minimum Gasteiger partial charge on any atom is -0.390 e. The van der Waals surface area contributed by atoms with Crippen LogP contribution < -0.4 is 0 Å². The maximum Gasteiger partial charge on any atom is 0.166 e. The molecular formula is C28H40O2. The Bertz CT molecular complexity index is 824. The number of benzene rings is 1. The van der Waals surface area contributed by atoms with Crippen LogP contribution in [0.5, 0.6) is 0 Å². The number of Topliss-reactive ketones (excluding diaryl/α,β-unsaturated/α-hetero) is 1. The molecule has 0 unspecified atom stereocenters. The highest BCUT2D eigenvalue weighted by Crippen LogP contribution is 2.68. The van der Waals surface area contributed by atoms with E-state index in [2.05, 4.69) is 39.8 Å². The summed E-state index contributed by atoms with van der Waals surface area (Å²) in [6.45, 7) is 9.15. The van der Waals surface area contributed by atoms with E-state index in [4.69, 9.17) is 0 Å². The van der Waals surface area contributed by atoms with Gasteiger partial charge in [0.05, 0.1) is 5.60 Å². The molecular weight excluding hydrogens is 368 g/mol. The Morgan fingerprint density at radius 3 is 2.30 bits per heavy atom. The van der Waals surface area contributed by atoms with E-state index in [0.717, 1.165) is 36.7 Å². The van der Waals surface area contributed by atoms with Gasteiger partial charge in [0.15, 0.2) is 5.78 Å². The highest BCUT2D eigenvalue weighted by Gasteiger charge is 2.61. The predicted molar refractivity (Wildman–Crippen MR) is 121 cm³/mol. The molecule has 1 aromatic rings. The molecule has 30 heavy (non-hydrogen) atoms. The lowest BCUT2D eigenvalue weighted by Gasteiger charge is -2.61. The number of ketones is 1. The van der Waals surface area contributed by atoms with Crippen molar-refractivity contribution in [3.05, 3.63) is 35.4 Å². The molecule has 5 rings (SSSR count). The summed E-state index contributed by atoms with van der Waals surface area (Å²) in [6.07, 6.45) is 10.5. The molecule has 4 saturated carbocycles. The number of aryl methyl sites for hydroxylation is 1. The number of aliphatic hydroxyl groups is 1. The fourth-order valence-electron chi connectivity index (χ4n) is 8.78. The summed E-state index contributed by atoms with van der Waals surface area (Å²) < 4.78 is 0. The maximum absolute atomic E-state index is 13.5. The molecule has 0 heterocycles. The first-order valence-corrected chi connectivity index (χ1v) is 12.5. The van der Waals surface area contributed by atoms with Crippen molar-refractivity contribution in [1.82, 2.24) is 0 Å². The van der Waals surface area contributed by atoms with Gasteiger partial charge in [-0.15, -0.1) is 0 Å². The first kappa shape index (κ1) is 20.7. The Balaban J connectivity index is 1.39. The van der Waals surface area contributed by atoms with Gasteiger partial charge in [0.2, 0.25) is 0 Å². The number of fused-ring (bicyclic) bond motifs is 5. The first-order chi connectivity index (χ1) is 14.1. The highest BCUT2D eigenvalue weighted by atomic mass is 16.3. The van der Waals surface area contributed by atoms with Crippen molar-refractivity contribution in [1.29, 1.82) is 0 Å². The maximum atomic E-state index is 13.5. The Kier molecular flexibility index (Phi) is 4.79. The summed E-state index contributed by atoms with van der Waals surface area (Å²) in [5, 5.41) is 10.7. The lowest BCUT2D eigenvalue weighted by molar-refractivity contribution is -0.144. The quantitative estimate of drug-likeness (QED) is 0.561. The molecule has 1 aromatic carbocycles. The van der Waals surface area contributed by atoms with E-state index < -0.39 is 5.60 Å². The third kappa shape index (κ3) is 3.04. The van der Waals surface area contributed by atoms with Crippen LogP contribution in [-0.2, 0) is 0 Å². The van der Waals surface area contributed by atoms with Crippen LogP contribution in [0.1, 0.15) is 94.5 Å². The summed E-state index contributed by atoms with van der Waals surface area (Å²) in [7, 11) is 0. The molecule has 0 bridgehead atoms. The molecule has 4 fully saturated rings. The molecule has 0 spiro atoms. The third-order valence-electron chi connectivity index (χ3n) is 10.6. The van der Waals surface area contributed by atoms with Gasteiger partial charge in [-0.2, -0.15) is 0 Å². The van der Waals surface area contributed by atoms with Crippen molar-refractivity contribution >= 4 is 5.78 Å². The van der Waals surface area contributed by atoms with Gasteiger partial charge in [-0.1, -0.05) is 43.7 Å².